The first-order valence-electron chi connectivity index (χ1n) is 8.29. The van der Waals surface area contributed by atoms with Crippen molar-refractivity contribution in [1.82, 2.24) is 5.32 Å². The van der Waals surface area contributed by atoms with Crippen molar-refractivity contribution in [2.75, 3.05) is 6.54 Å². The highest BCUT2D eigenvalue weighted by Gasteiger charge is 2.31. The van der Waals surface area contributed by atoms with Gasteiger partial charge in [0.25, 0.3) is 0 Å². The maximum Gasteiger partial charge on any atom is 0.123 e. The highest BCUT2D eigenvalue weighted by Crippen LogP contribution is 2.37. The van der Waals surface area contributed by atoms with E-state index in [4.69, 9.17) is 11.6 Å². The summed E-state index contributed by atoms with van der Waals surface area (Å²) in [5.41, 5.74) is 0.979. The molecule has 3 rings (SSSR count). The molecule has 1 N–H and O–H groups in total. The lowest BCUT2D eigenvalue weighted by Crippen LogP contribution is -2.34. The van der Waals surface area contributed by atoms with Crippen LogP contribution in [0, 0.1) is 23.6 Å². The van der Waals surface area contributed by atoms with Gasteiger partial charge in [0.05, 0.1) is 0 Å². The van der Waals surface area contributed by atoms with Crippen LogP contribution in [0.3, 0.4) is 0 Å². The summed E-state index contributed by atoms with van der Waals surface area (Å²) >= 11 is 6.25. The van der Waals surface area contributed by atoms with Gasteiger partial charge in [-0.2, -0.15) is 0 Å². The van der Waals surface area contributed by atoms with Crippen molar-refractivity contribution >= 4 is 11.6 Å². The summed E-state index contributed by atoms with van der Waals surface area (Å²) in [5.74, 6) is 1.94. The van der Waals surface area contributed by atoms with Crippen molar-refractivity contribution in [3.63, 3.8) is 0 Å². The quantitative estimate of drug-likeness (QED) is 0.821. The van der Waals surface area contributed by atoms with Gasteiger partial charge in [0, 0.05) is 11.1 Å². The third-order valence-corrected chi connectivity index (χ3v) is 5.51. The Morgan fingerprint density at radius 1 is 1.19 bits per heavy atom. The van der Waals surface area contributed by atoms with E-state index in [1.54, 1.807) is 12.1 Å². The van der Waals surface area contributed by atoms with Gasteiger partial charge in [0.15, 0.2) is 0 Å². The number of benzene rings is 1. The smallest absolute Gasteiger partial charge is 0.123 e. The van der Waals surface area contributed by atoms with Crippen LogP contribution >= 0.6 is 11.6 Å². The zero-order valence-electron chi connectivity index (χ0n) is 12.7. The molecule has 116 valence electrons. The first kappa shape index (κ1) is 15.3. The molecule has 0 aliphatic heterocycles. The van der Waals surface area contributed by atoms with Gasteiger partial charge in [-0.3, -0.25) is 0 Å². The second-order valence-corrected chi connectivity index (χ2v) is 7.47. The molecule has 3 unspecified atom stereocenters. The van der Waals surface area contributed by atoms with Crippen LogP contribution < -0.4 is 5.32 Å². The molecule has 21 heavy (non-hydrogen) atoms. The molecule has 1 aromatic rings. The van der Waals surface area contributed by atoms with Gasteiger partial charge in [0.1, 0.15) is 5.82 Å². The van der Waals surface area contributed by atoms with E-state index in [1.807, 2.05) is 0 Å². The highest BCUT2D eigenvalue weighted by molar-refractivity contribution is 6.31. The average molecular weight is 310 g/mol. The first-order chi connectivity index (χ1) is 10.1. The molecule has 0 radical (unpaired) electrons. The number of hydrogen-bond donors (Lipinski definition) is 1. The molecule has 0 heterocycles. The molecule has 3 heteroatoms. The Labute approximate surface area is 132 Å². The lowest BCUT2D eigenvalue weighted by atomic mass is 9.72. The SMILES string of the molecule is CC1CCC(CNC2CC2)C(Cc2cc(F)ccc2Cl)C1. The fraction of sp³-hybridized carbons (Fsp3) is 0.667. The molecule has 0 saturated heterocycles. The minimum Gasteiger partial charge on any atom is -0.314 e. The molecule has 2 aliphatic rings. The van der Waals surface area contributed by atoms with E-state index in [9.17, 15) is 4.39 Å². The Morgan fingerprint density at radius 2 is 2.00 bits per heavy atom. The van der Waals surface area contributed by atoms with Gasteiger partial charge >= 0.3 is 0 Å². The molecular weight excluding hydrogens is 285 g/mol. The van der Waals surface area contributed by atoms with E-state index < -0.39 is 0 Å². The topological polar surface area (TPSA) is 12.0 Å². The van der Waals surface area contributed by atoms with Gasteiger partial charge in [-0.15, -0.1) is 0 Å². The summed E-state index contributed by atoms with van der Waals surface area (Å²) < 4.78 is 13.5. The van der Waals surface area contributed by atoms with Crippen LogP contribution in [0.5, 0.6) is 0 Å². The fourth-order valence-electron chi connectivity index (χ4n) is 3.67. The maximum absolute atomic E-state index is 13.5. The largest absolute Gasteiger partial charge is 0.314 e. The first-order valence-corrected chi connectivity index (χ1v) is 8.67. The zero-order chi connectivity index (χ0) is 14.8. The van der Waals surface area contributed by atoms with Gasteiger partial charge in [-0.05, 0) is 80.2 Å². The highest BCUT2D eigenvalue weighted by atomic mass is 35.5. The molecular formula is C18H25ClFN. The van der Waals surface area contributed by atoms with Gasteiger partial charge in [-0.1, -0.05) is 24.9 Å². The van der Waals surface area contributed by atoms with Crippen LogP contribution in [0.25, 0.3) is 0 Å². The molecule has 2 saturated carbocycles. The number of halogens is 2. The molecule has 0 spiro atoms. The van der Waals surface area contributed by atoms with E-state index in [0.717, 1.165) is 30.5 Å². The van der Waals surface area contributed by atoms with Crippen LogP contribution in [-0.2, 0) is 6.42 Å². The standard InChI is InChI=1S/C18H25ClFN/c1-12-2-3-13(11-21-17-5-6-17)14(8-12)9-15-10-16(20)4-7-18(15)19/h4,7,10,12-14,17,21H,2-3,5-6,8-9,11H2,1H3. The van der Waals surface area contributed by atoms with E-state index in [2.05, 4.69) is 12.2 Å². The van der Waals surface area contributed by atoms with E-state index in [1.165, 1.54) is 38.2 Å². The molecule has 0 aromatic heterocycles. The third-order valence-electron chi connectivity index (χ3n) is 5.14. The van der Waals surface area contributed by atoms with Crippen molar-refractivity contribution in [2.24, 2.45) is 17.8 Å². The Balaban J connectivity index is 1.67. The van der Waals surface area contributed by atoms with Gasteiger partial charge in [-0.25, -0.2) is 4.39 Å². The van der Waals surface area contributed by atoms with Gasteiger partial charge in [0.2, 0.25) is 0 Å². The molecule has 0 amide bonds. The van der Waals surface area contributed by atoms with E-state index in [0.29, 0.717) is 16.9 Å². The van der Waals surface area contributed by atoms with Gasteiger partial charge < -0.3 is 5.32 Å². The lowest BCUT2D eigenvalue weighted by Gasteiger charge is -2.35. The normalized spacial score (nSPS) is 29.6. The molecule has 3 atom stereocenters. The molecule has 1 aromatic carbocycles. The van der Waals surface area contributed by atoms with E-state index in [-0.39, 0.29) is 5.82 Å². The van der Waals surface area contributed by atoms with Crippen molar-refractivity contribution in [2.45, 2.75) is 51.5 Å². The Hall–Kier alpha value is -0.600. The van der Waals surface area contributed by atoms with Crippen LogP contribution in [-0.4, -0.2) is 12.6 Å². The minimum atomic E-state index is -0.175. The summed E-state index contributed by atoms with van der Waals surface area (Å²) in [7, 11) is 0. The van der Waals surface area contributed by atoms with Crippen LogP contribution in [0.4, 0.5) is 4.39 Å². The number of nitrogens with one attached hydrogen (secondary N) is 1. The van der Waals surface area contributed by atoms with Crippen molar-refractivity contribution in [3.8, 4) is 0 Å². The van der Waals surface area contributed by atoms with Crippen LogP contribution in [0.2, 0.25) is 5.02 Å². The number of hydrogen-bond acceptors (Lipinski definition) is 1. The van der Waals surface area contributed by atoms with Crippen molar-refractivity contribution < 1.29 is 4.39 Å². The molecule has 1 nitrogen and oxygen atoms in total. The van der Waals surface area contributed by atoms with Crippen molar-refractivity contribution in [1.29, 1.82) is 0 Å². The average Bonchev–Trinajstić information content (AvgIpc) is 3.26. The second-order valence-electron chi connectivity index (χ2n) is 7.06. The van der Waals surface area contributed by atoms with Crippen LogP contribution in [0.1, 0.15) is 44.6 Å². The van der Waals surface area contributed by atoms with Crippen LogP contribution in [0.15, 0.2) is 18.2 Å². The maximum atomic E-state index is 13.5. The molecule has 2 fully saturated rings. The van der Waals surface area contributed by atoms with Crippen molar-refractivity contribution in [3.05, 3.63) is 34.6 Å². The summed E-state index contributed by atoms with van der Waals surface area (Å²) in [5, 5.41) is 4.39. The summed E-state index contributed by atoms with van der Waals surface area (Å²) in [4.78, 5) is 0. The Morgan fingerprint density at radius 3 is 2.76 bits per heavy atom. The van der Waals surface area contributed by atoms with E-state index >= 15 is 0 Å². The summed E-state index contributed by atoms with van der Waals surface area (Å²) in [6.45, 7) is 3.46. The summed E-state index contributed by atoms with van der Waals surface area (Å²) in [6, 6.07) is 5.52. The Kier molecular flexibility index (Phi) is 4.85. The molecule has 0 bridgehead atoms. The predicted molar refractivity (Wildman–Crippen MR) is 86.1 cm³/mol. The Bertz CT molecular complexity index is 486. The predicted octanol–water partition coefficient (Wildman–Crippen LogP) is 4.83. The third kappa shape index (κ3) is 4.20. The molecule has 2 aliphatic carbocycles. The lowest BCUT2D eigenvalue weighted by molar-refractivity contribution is 0.183. The summed E-state index contributed by atoms with van der Waals surface area (Å²) in [6.07, 6.45) is 7.44. The second kappa shape index (κ2) is 6.66. The number of rotatable bonds is 5. The zero-order valence-corrected chi connectivity index (χ0v) is 13.5. The fourth-order valence-corrected chi connectivity index (χ4v) is 3.86. The monoisotopic (exact) mass is 309 g/mol. The minimum absolute atomic E-state index is 0.175.